The van der Waals surface area contributed by atoms with Crippen LogP contribution in [0.25, 0.3) is 21.5 Å². The average molecular weight is 697 g/mol. The van der Waals surface area contributed by atoms with Gasteiger partial charge in [0.25, 0.3) is 0 Å². The highest BCUT2D eigenvalue weighted by atomic mass is 16.2. The summed E-state index contributed by atoms with van der Waals surface area (Å²) in [5.74, 6) is -1.02. The van der Waals surface area contributed by atoms with Crippen LogP contribution in [0.4, 0.5) is 0 Å². The van der Waals surface area contributed by atoms with Crippen LogP contribution >= 0.6 is 0 Å². The summed E-state index contributed by atoms with van der Waals surface area (Å²) in [6.07, 6.45) is 2.75. The smallest absolute Gasteiger partial charge is 0.245 e. The Kier molecular flexibility index (Phi) is 12.4. The van der Waals surface area contributed by atoms with Crippen LogP contribution in [0.2, 0.25) is 0 Å². The zero-order valence-electron chi connectivity index (χ0n) is 29.9. The third-order valence-corrected chi connectivity index (χ3v) is 10.0. The lowest BCUT2D eigenvalue weighted by Crippen LogP contribution is -2.57. The summed E-state index contributed by atoms with van der Waals surface area (Å²) >= 11 is 0. The Balaban J connectivity index is 1.29. The van der Waals surface area contributed by atoms with Crippen molar-refractivity contribution in [1.29, 1.82) is 0 Å². The molecule has 1 aliphatic heterocycles. The number of hydrogen-bond acceptors (Lipinski definition) is 5. The second-order valence-electron chi connectivity index (χ2n) is 13.9. The Morgan fingerprint density at radius 3 is 1.81 bits per heavy atom. The van der Waals surface area contributed by atoms with Gasteiger partial charge in [-0.3, -0.25) is 19.2 Å². The lowest BCUT2D eigenvalue weighted by molar-refractivity contribution is -0.138. The molecule has 5 aromatic rings. The number of Topliss-reactive ketones (excluding diaryl/α,β-unsaturated/α-hetero) is 1. The summed E-state index contributed by atoms with van der Waals surface area (Å²) in [6, 6.07) is 36.3. The molecule has 1 fully saturated rings. The molecular weight excluding hydrogens is 649 g/mol. The molecule has 0 radical (unpaired) electrons. The molecule has 2 atom stereocenters. The van der Waals surface area contributed by atoms with E-state index in [1.807, 2.05) is 103 Å². The maximum atomic E-state index is 14.6. The molecule has 1 heterocycles. The normalized spacial score (nSPS) is 14.4. The lowest BCUT2D eigenvalue weighted by Gasteiger charge is -2.30. The first-order chi connectivity index (χ1) is 25.3. The topological polar surface area (TPSA) is 108 Å². The van der Waals surface area contributed by atoms with Gasteiger partial charge < -0.3 is 20.9 Å². The van der Waals surface area contributed by atoms with Crippen molar-refractivity contribution in [2.75, 3.05) is 26.2 Å². The quantitative estimate of drug-likeness (QED) is 0.128. The molecule has 1 saturated heterocycles. The zero-order valence-corrected chi connectivity index (χ0v) is 29.9. The fourth-order valence-corrected chi connectivity index (χ4v) is 7.01. The fourth-order valence-electron chi connectivity index (χ4n) is 7.01. The van der Waals surface area contributed by atoms with Crippen molar-refractivity contribution in [1.82, 2.24) is 20.9 Å². The van der Waals surface area contributed by atoms with Crippen molar-refractivity contribution in [3.63, 3.8) is 0 Å². The fraction of sp³-hybridized carbons (Fsp3) is 0.318. The maximum absolute atomic E-state index is 14.6. The number of carbonyl (C=O) groups is 4. The van der Waals surface area contributed by atoms with Crippen LogP contribution in [-0.4, -0.2) is 66.7 Å². The number of benzene rings is 5. The summed E-state index contributed by atoms with van der Waals surface area (Å²) in [5.41, 5.74) is 2.89. The number of nitrogens with zero attached hydrogens (tertiary/aromatic N) is 1. The van der Waals surface area contributed by atoms with Gasteiger partial charge in [0.2, 0.25) is 17.7 Å². The highest BCUT2D eigenvalue weighted by Gasteiger charge is 2.32. The highest BCUT2D eigenvalue weighted by molar-refractivity contribution is 5.93. The van der Waals surface area contributed by atoms with Crippen molar-refractivity contribution in [3.05, 3.63) is 132 Å². The van der Waals surface area contributed by atoms with Crippen LogP contribution < -0.4 is 16.0 Å². The van der Waals surface area contributed by atoms with Gasteiger partial charge in [-0.25, -0.2) is 0 Å². The lowest BCUT2D eigenvalue weighted by atomic mass is 9.95. The summed E-state index contributed by atoms with van der Waals surface area (Å²) in [6.45, 7) is 3.67. The number of rotatable bonds is 15. The van der Waals surface area contributed by atoms with Crippen molar-refractivity contribution < 1.29 is 19.2 Å². The molecule has 0 aliphatic carbocycles. The van der Waals surface area contributed by atoms with Gasteiger partial charge in [-0.2, -0.15) is 0 Å². The van der Waals surface area contributed by atoms with Crippen LogP contribution in [0, 0.1) is 5.92 Å². The first-order valence-corrected chi connectivity index (χ1v) is 18.4. The predicted octanol–water partition coefficient (Wildman–Crippen LogP) is 5.80. The Hall–Kier alpha value is -5.34. The van der Waals surface area contributed by atoms with Gasteiger partial charge in [-0.1, -0.05) is 115 Å². The zero-order chi connectivity index (χ0) is 36.3. The Morgan fingerprint density at radius 2 is 1.21 bits per heavy atom. The summed E-state index contributed by atoms with van der Waals surface area (Å²) in [5, 5.41) is 13.8. The minimum Gasteiger partial charge on any atom is -0.344 e. The molecule has 3 amide bonds. The SMILES string of the molecule is CC(=O)CCN(CCc1ccccc1)C(=O)C(Cc1ccc2ccccc2c1)NC(=O)C(Cc1ccc2ccccc2c1)NC(=O)C1CCNCC1. The molecule has 3 N–H and O–H groups in total. The number of hydrogen-bond donors (Lipinski definition) is 3. The number of piperidine rings is 1. The van der Waals surface area contributed by atoms with Crippen LogP contribution in [0.15, 0.2) is 115 Å². The number of fused-ring (bicyclic) bond motifs is 2. The van der Waals surface area contributed by atoms with Gasteiger partial charge in [-0.05, 0) is 77.5 Å². The summed E-state index contributed by atoms with van der Waals surface area (Å²) < 4.78 is 0. The second kappa shape index (κ2) is 17.7. The van der Waals surface area contributed by atoms with E-state index in [-0.39, 0.29) is 49.3 Å². The molecule has 1 aliphatic rings. The van der Waals surface area contributed by atoms with Gasteiger partial charge in [0, 0.05) is 38.3 Å². The highest BCUT2D eigenvalue weighted by Crippen LogP contribution is 2.20. The molecule has 0 bridgehead atoms. The Morgan fingerprint density at radius 1 is 0.654 bits per heavy atom. The van der Waals surface area contributed by atoms with Crippen LogP contribution in [0.3, 0.4) is 0 Å². The standard InChI is InChI=1S/C44H48N4O4/c1-31(49)21-25-48(26-22-32-9-3-2-4-10-32)44(52)41(30-34-16-18-36-12-6-8-14-39(36)28-34)47-43(51)40(46-42(50)37-19-23-45-24-20-37)29-33-15-17-35-11-5-7-13-38(35)27-33/h2-18,27-28,37,40-41,45H,19-26,29-30H2,1H3,(H,46,50)(H,47,51). The van der Waals surface area contributed by atoms with E-state index in [9.17, 15) is 19.2 Å². The van der Waals surface area contributed by atoms with E-state index >= 15 is 0 Å². The van der Waals surface area contributed by atoms with Gasteiger partial charge in [0.05, 0.1) is 0 Å². The number of ketones is 1. The third kappa shape index (κ3) is 9.92. The van der Waals surface area contributed by atoms with E-state index < -0.39 is 18.0 Å². The number of nitrogens with one attached hydrogen (secondary N) is 3. The summed E-state index contributed by atoms with van der Waals surface area (Å²) in [7, 11) is 0. The number of amides is 3. The van der Waals surface area contributed by atoms with Gasteiger partial charge in [-0.15, -0.1) is 0 Å². The summed E-state index contributed by atoms with van der Waals surface area (Å²) in [4.78, 5) is 56.5. The average Bonchev–Trinajstić information content (AvgIpc) is 3.17. The first kappa shape index (κ1) is 36.5. The van der Waals surface area contributed by atoms with Crippen molar-refractivity contribution >= 4 is 45.0 Å². The van der Waals surface area contributed by atoms with E-state index in [1.165, 1.54) is 6.92 Å². The van der Waals surface area contributed by atoms with E-state index in [0.29, 0.717) is 25.8 Å². The second-order valence-corrected chi connectivity index (χ2v) is 13.9. The molecule has 5 aromatic carbocycles. The van der Waals surface area contributed by atoms with Crippen LogP contribution in [0.1, 0.15) is 42.9 Å². The largest absolute Gasteiger partial charge is 0.344 e. The minimum absolute atomic E-state index is 0.0105. The molecule has 8 nitrogen and oxygen atoms in total. The van der Waals surface area contributed by atoms with E-state index in [4.69, 9.17) is 0 Å². The molecule has 0 saturated carbocycles. The van der Waals surface area contributed by atoms with E-state index in [0.717, 1.165) is 51.3 Å². The minimum atomic E-state index is -0.925. The third-order valence-electron chi connectivity index (χ3n) is 10.0. The monoisotopic (exact) mass is 696 g/mol. The molecular formula is C44H48N4O4. The van der Waals surface area contributed by atoms with Crippen molar-refractivity contribution in [2.24, 2.45) is 5.92 Å². The molecule has 0 spiro atoms. The first-order valence-electron chi connectivity index (χ1n) is 18.4. The van der Waals surface area contributed by atoms with Crippen LogP contribution in [-0.2, 0) is 38.4 Å². The predicted molar refractivity (Wildman–Crippen MR) is 207 cm³/mol. The van der Waals surface area contributed by atoms with Crippen molar-refractivity contribution in [2.45, 2.75) is 57.5 Å². The van der Waals surface area contributed by atoms with Gasteiger partial charge >= 0.3 is 0 Å². The molecule has 2 unspecified atom stereocenters. The molecule has 6 rings (SSSR count). The maximum Gasteiger partial charge on any atom is 0.245 e. The van der Waals surface area contributed by atoms with Crippen molar-refractivity contribution in [3.8, 4) is 0 Å². The Labute approximate surface area is 306 Å². The number of carbonyl (C=O) groups excluding carboxylic acids is 4. The molecule has 52 heavy (non-hydrogen) atoms. The Bertz CT molecular complexity index is 2010. The van der Waals surface area contributed by atoms with E-state index in [2.05, 4.69) is 28.1 Å². The van der Waals surface area contributed by atoms with Gasteiger partial charge in [0.15, 0.2) is 0 Å². The molecule has 8 heteroatoms. The van der Waals surface area contributed by atoms with E-state index in [1.54, 1.807) is 4.90 Å². The molecule has 268 valence electrons. The van der Waals surface area contributed by atoms with Crippen LogP contribution in [0.5, 0.6) is 0 Å². The molecule has 0 aromatic heterocycles. The van der Waals surface area contributed by atoms with Gasteiger partial charge in [0.1, 0.15) is 17.9 Å².